The predicted molar refractivity (Wildman–Crippen MR) is 121 cm³/mol. The summed E-state index contributed by atoms with van der Waals surface area (Å²) in [5.74, 6) is 1.90. The number of hydrogen-bond donors (Lipinski definition) is 0. The number of morpholine rings is 1. The van der Waals surface area contributed by atoms with Crippen LogP contribution in [0.5, 0.6) is 0 Å². The van der Waals surface area contributed by atoms with Crippen LogP contribution in [0.3, 0.4) is 0 Å². The van der Waals surface area contributed by atoms with Crippen molar-refractivity contribution in [3.05, 3.63) is 73.1 Å². The highest BCUT2D eigenvalue weighted by Crippen LogP contribution is 2.32. The molecule has 1 aliphatic rings. The fraction of sp³-hybridized carbons (Fsp3) is 0.167. The highest BCUT2D eigenvalue weighted by molar-refractivity contribution is 5.88. The van der Waals surface area contributed by atoms with Gasteiger partial charge >= 0.3 is 0 Å². The summed E-state index contributed by atoms with van der Waals surface area (Å²) in [4.78, 5) is 16.2. The van der Waals surface area contributed by atoms with Gasteiger partial charge in [0.25, 0.3) is 5.95 Å². The van der Waals surface area contributed by atoms with E-state index in [-0.39, 0.29) is 0 Å². The van der Waals surface area contributed by atoms with Gasteiger partial charge in [0.05, 0.1) is 18.9 Å². The molecule has 0 saturated carbocycles. The molecule has 0 N–H and O–H groups in total. The van der Waals surface area contributed by atoms with Crippen molar-refractivity contribution in [2.45, 2.75) is 0 Å². The number of aromatic nitrogens is 5. The zero-order valence-corrected chi connectivity index (χ0v) is 17.3. The number of fused-ring (bicyclic) bond motifs is 1. The quantitative estimate of drug-likeness (QED) is 0.432. The first-order valence-electron chi connectivity index (χ1n) is 10.5. The Morgan fingerprint density at radius 3 is 2.50 bits per heavy atom. The molecule has 4 aromatic heterocycles. The zero-order chi connectivity index (χ0) is 21.3. The van der Waals surface area contributed by atoms with Crippen LogP contribution in [0, 0.1) is 0 Å². The Kier molecular flexibility index (Phi) is 4.62. The minimum absolute atomic E-state index is 0.495. The van der Waals surface area contributed by atoms with Crippen LogP contribution in [-0.2, 0) is 4.74 Å². The Balaban J connectivity index is 1.48. The number of nitrogens with zero attached hydrogens (tertiary/aromatic N) is 6. The normalized spacial score (nSPS) is 14.2. The van der Waals surface area contributed by atoms with Crippen molar-refractivity contribution in [1.82, 2.24) is 24.7 Å². The van der Waals surface area contributed by atoms with E-state index < -0.39 is 0 Å². The van der Waals surface area contributed by atoms with Crippen LogP contribution in [-0.4, -0.2) is 51.0 Å². The van der Waals surface area contributed by atoms with Crippen LogP contribution in [0.1, 0.15) is 0 Å². The average Bonchev–Trinajstić information content (AvgIpc) is 3.53. The number of anilines is 1. The van der Waals surface area contributed by atoms with Crippen molar-refractivity contribution in [2.75, 3.05) is 31.2 Å². The van der Waals surface area contributed by atoms with Crippen molar-refractivity contribution in [3.8, 4) is 28.7 Å². The fourth-order valence-corrected chi connectivity index (χ4v) is 3.83. The molecule has 0 radical (unpaired) electrons. The zero-order valence-electron chi connectivity index (χ0n) is 17.3. The van der Waals surface area contributed by atoms with Gasteiger partial charge < -0.3 is 14.1 Å². The van der Waals surface area contributed by atoms with Gasteiger partial charge in [-0.05, 0) is 18.2 Å². The summed E-state index contributed by atoms with van der Waals surface area (Å²) in [6, 6.07) is 19.7. The molecule has 158 valence electrons. The van der Waals surface area contributed by atoms with Crippen LogP contribution in [0.4, 0.5) is 5.82 Å². The van der Waals surface area contributed by atoms with Crippen molar-refractivity contribution in [3.63, 3.8) is 0 Å². The minimum Gasteiger partial charge on any atom is -0.449 e. The lowest BCUT2D eigenvalue weighted by molar-refractivity contribution is 0.122. The Morgan fingerprint density at radius 1 is 0.844 bits per heavy atom. The molecule has 8 heteroatoms. The van der Waals surface area contributed by atoms with Crippen molar-refractivity contribution >= 4 is 16.9 Å². The largest absolute Gasteiger partial charge is 0.449 e. The van der Waals surface area contributed by atoms with E-state index in [1.807, 2.05) is 66.9 Å². The third-order valence-corrected chi connectivity index (χ3v) is 5.43. The molecule has 1 aliphatic heterocycles. The maximum atomic E-state index is 6.20. The number of hydrogen-bond acceptors (Lipinski definition) is 7. The van der Waals surface area contributed by atoms with Crippen LogP contribution in [0.25, 0.3) is 39.8 Å². The van der Waals surface area contributed by atoms with E-state index in [4.69, 9.17) is 24.2 Å². The van der Waals surface area contributed by atoms with Crippen molar-refractivity contribution in [1.29, 1.82) is 0 Å². The topological polar surface area (TPSA) is 82.1 Å². The molecule has 0 unspecified atom stereocenters. The maximum absolute atomic E-state index is 6.20. The van der Waals surface area contributed by atoms with Crippen molar-refractivity contribution in [2.24, 2.45) is 0 Å². The molecule has 0 atom stereocenters. The standard InChI is InChI=1S/C24H20N6O2/c1-2-6-17(7-3-1)18-9-11-30(28-18)24-26-20-16-21(19-8-4-5-10-25-19)32-22(20)23(27-24)29-12-14-31-15-13-29/h1-11,16H,12-15H2. The van der Waals surface area contributed by atoms with Gasteiger partial charge in [-0.2, -0.15) is 10.1 Å². The second-order valence-corrected chi connectivity index (χ2v) is 7.50. The first kappa shape index (κ1) is 18.7. The van der Waals surface area contributed by atoms with E-state index in [1.54, 1.807) is 10.9 Å². The third kappa shape index (κ3) is 3.40. The van der Waals surface area contributed by atoms with E-state index in [1.165, 1.54) is 0 Å². The van der Waals surface area contributed by atoms with Crippen LogP contribution < -0.4 is 4.90 Å². The second-order valence-electron chi connectivity index (χ2n) is 7.50. The number of pyridine rings is 1. The average molecular weight is 424 g/mol. The SMILES string of the molecule is c1ccc(-c2ccn(-c3nc(N4CCOCC4)c4oc(-c5ccccn5)cc4n3)n2)cc1. The van der Waals surface area contributed by atoms with Crippen LogP contribution in [0.15, 0.2) is 77.5 Å². The highest BCUT2D eigenvalue weighted by Gasteiger charge is 2.22. The number of benzene rings is 1. The van der Waals surface area contributed by atoms with Gasteiger partial charge in [-0.25, -0.2) is 9.67 Å². The molecule has 1 aromatic carbocycles. The van der Waals surface area contributed by atoms with E-state index in [0.29, 0.717) is 36.0 Å². The van der Waals surface area contributed by atoms with Crippen LogP contribution >= 0.6 is 0 Å². The predicted octanol–water partition coefficient (Wildman–Crippen LogP) is 3.97. The Bertz CT molecular complexity index is 1360. The summed E-state index contributed by atoms with van der Waals surface area (Å²) in [6.07, 6.45) is 3.63. The molecule has 1 fully saturated rings. The fourth-order valence-electron chi connectivity index (χ4n) is 3.83. The van der Waals surface area contributed by atoms with Crippen LogP contribution in [0.2, 0.25) is 0 Å². The Morgan fingerprint density at radius 2 is 1.69 bits per heavy atom. The summed E-state index contributed by atoms with van der Waals surface area (Å²) in [5.41, 5.74) is 4.02. The molecule has 0 aliphatic carbocycles. The van der Waals surface area contributed by atoms with Gasteiger partial charge in [-0.1, -0.05) is 36.4 Å². The highest BCUT2D eigenvalue weighted by atomic mass is 16.5. The lowest BCUT2D eigenvalue weighted by Gasteiger charge is -2.27. The third-order valence-electron chi connectivity index (χ3n) is 5.43. The number of rotatable bonds is 4. The lowest BCUT2D eigenvalue weighted by Crippen LogP contribution is -2.37. The van der Waals surface area contributed by atoms with E-state index in [0.717, 1.165) is 35.9 Å². The molecule has 5 aromatic rings. The summed E-state index contributed by atoms with van der Waals surface area (Å²) < 4.78 is 13.4. The van der Waals surface area contributed by atoms with Gasteiger partial charge in [0.15, 0.2) is 17.2 Å². The van der Waals surface area contributed by atoms with Gasteiger partial charge in [-0.15, -0.1) is 0 Å². The Hall–Kier alpha value is -4.04. The van der Waals surface area contributed by atoms with E-state index in [2.05, 4.69) is 9.88 Å². The molecule has 5 heterocycles. The summed E-state index contributed by atoms with van der Waals surface area (Å²) in [5, 5.41) is 4.71. The molecular weight excluding hydrogens is 404 g/mol. The van der Waals surface area contributed by atoms with E-state index >= 15 is 0 Å². The van der Waals surface area contributed by atoms with Gasteiger partial charge in [-0.3, -0.25) is 4.98 Å². The number of furan rings is 1. The minimum atomic E-state index is 0.495. The molecule has 0 amide bonds. The second kappa shape index (κ2) is 7.90. The van der Waals surface area contributed by atoms with E-state index in [9.17, 15) is 0 Å². The Labute approximate surface area is 184 Å². The monoisotopic (exact) mass is 424 g/mol. The smallest absolute Gasteiger partial charge is 0.253 e. The molecule has 8 nitrogen and oxygen atoms in total. The van der Waals surface area contributed by atoms with Gasteiger partial charge in [0.2, 0.25) is 0 Å². The first-order valence-corrected chi connectivity index (χ1v) is 10.5. The van der Waals surface area contributed by atoms with Gasteiger partial charge in [0, 0.05) is 37.1 Å². The maximum Gasteiger partial charge on any atom is 0.253 e. The summed E-state index contributed by atoms with van der Waals surface area (Å²) in [6.45, 7) is 2.77. The van der Waals surface area contributed by atoms with Crippen molar-refractivity contribution < 1.29 is 9.15 Å². The summed E-state index contributed by atoms with van der Waals surface area (Å²) >= 11 is 0. The molecule has 32 heavy (non-hydrogen) atoms. The summed E-state index contributed by atoms with van der Waals surface area (Å²) in [7, 11) is 0. The molecule has 0 spiro atoms. The molecule has 1 saturated heterocycles. The molecule has 0 bridgehead atoms. The lowest BCUT2D eigenvalue weighted by atomic mass is 10.2. The number of ether oxygens (including phenoxy) is 1. The molecular formula is C24H20N6O2. The van der Waals surface area contributed by atoms with Gasteiger partial charge in [0.1, 0.15) is 11.2 Å². The molecule has 6 rings (SSSR count). The first-order chi connectivity index (χ1) is 15.8.